The maximum absolute atomic E-state index is 12.8. The van der Waals surface area contributed by atoms with Crippen LogP contribution in [0.15, 0.2) is 53.0 Å². The zero-order valence-electron chi connectivity index (χ0n) is 13.8. The summed E-state index contributed by atoms with van der Waals surface area (Å²) < 4.78 is 0.875. The molecule has 4 amide bonds. The molecule has 0 unspecified atom stereocenters. The van der Waals surface area contributed by atoms with Gasteiger partial charge < -0.3 is 10.6 Å². The van der Waals surface area contributed by atoms with Crippen LogP contribution >= 0.6 is 27.5 Å². The molecular weight excluding hydrogens is 422 g/mol. The molecule has 0 radical (unpaired) electrons. The molecule has 2 aromatic carbocycles. The second-order valence-electron chi connectivity index (χ2n) is 5.98. The van der Waals surface area contributed by atoms with E-state index in [1.807, 2.05) is 0 Å². The smallest absolute Gasteiger partial charge is 0.325 e. The van der Waals surface area contributed by atoms with Crippen molar-refractivity contribution in [3.63, 3.8) is 0 Å². The predicted octanol–water partition coefficient (Wildman–Crippen LogP) is 3.51. The molecule has 1 fully saturated rings. The van der Waals surface area contributed by atoms with Crippen molar-refractivity contribution in [3.8, 4) is 0 Å². The molecule has 8 heteroatoms. The van der Waals surface area contributed by atoms with Crippen molar-refractivity contribution < 1.29 is 14.4 Å². The summed E-state index contributed by atoms with van der Waals surface area (Å²) in [5, 5.41) is 5.65. The number of benzene rings is 2. The summed E-state index contributed by atoms with van der Waals surface area (Å²) >= 11 is 9.48. The molecule has 0 bridgehead atoms. The van der Waals surface area contributed by atoms with Crippen LogP contribution in [0.4, 0.5) is 10.5 Å². The monoisotopic (exact) mass is 435 g/mol. The van der Waals surface area contributed by atoms with Crippen LogP contribution in [0.5, 0.6) is 0 Å². The molecule has 2 aromatic rings. The van der Waals surface area contributed by atoms with Crippen molar-refractivity contribution in [2.24, 2.45) is 0 Å². The molecular formula is C18H15BrClN3O3. The van der Waals surface area contributed by atoms with E-state index in [2.05, 4.69) is 26.6 Å². The lowest BCUT2D eigenvalue weighted by Crippen LogP contribution is -2.42. The molecule has 134 valence electrons. The maximum Gasteiger partial charge on any atom is 0.325 e. The number of rotatable bonds is 4. The van der Waals surface area contributed by atoms with Crippen LogP contribution in [-0.4, -0.2) is 29.3 Å². The largest absolute Gasteiger partial charge is 0.325 e. The Hall–Kier alpha value is -2.38. The Bertz CT molecular complexity index is 888. The molecule has 0 aromatic heterocycles. The number of urea groups is 1. The quantitative estimate of drug-likeness (QED) is 0.720. The van der Waals surface area contributed by atoms with Gasteiger partial charge in [-0.1, -0.05) is 45.7 Å². The van der Waals surface area contributed by atoms with Gasteiger partial charge in [0.25, 0.3) is 5.91 Å². The van der Waals surface area contributed by atoms with Crippen LogP contribution in [0.3, 0.4) is 0 Å². The van der Waals surface area contributed by atoms with Crippen LogP contribution in [0.25, 0.3) is 0 Å². The lowest BCUT2D eigenvalue weighted by Gasteiger charge is -2.23. The summed E-state index contributed by atoms with van der Waals surface area (Å²) in [4.78, 5) is 38.2. The van der Waals surface area contributed by atoms with Crippen LogP contribution in [-0.2, 0) is 15.1 Å². The van der Waals surface area contributed by atoms with Crippen molar-refractivity contribution in [2.75, 3.05) is 11.9 Å². The standard InChI is InChI=1S/C18H15BrClN3O3/c1-18(13-4-2-3-5-14(13)20)16(25)23(17(26)22-18)10-15(24)21-12-8-6-11(19)7-9-12/h2-9H,10H2,1H3,(H,21,24)(H,22,26)/t18-/m1/s1. The first-order chi connectivity index (χ1) is 12.3. The minimum atomic E-state index is -1.31. The summed E-state index contributed by atoms with van der Waals surface area (Å²) in [5.41, 5.74) is -0.261. The van der Waals surface area contributed by atoms with Crippen molar-refractivity contribution in [3.05, 3.63) is 63.6 Å². The summed E-state index contributed by atoms with van der Waals surface area (Å²) in [6.07, 6.45) is 0. The Labute approximate surface area is 163 Å². The van der Waals surface area contributed by atoms with E-state index in [1.54, 1.807) is 55.5 Å². The highest BCUT2D eigenvalue weighted by atomic mass is 79.9. The molecule has 1 heterocycles. The molecule has 0 spiro atoms. The fourth-order valence-electron chi connectivity index (χ4n) is 2.77. The molecule has 0 saturated carbocycles. The van der Waals surface area contributed by atoms with Gasteiger partial charge in [0.05, 0.1) is 0 Å². The van der Waals surface area contributed by atoms with Gasteiger partial charge in [0.1, 0.15) is 12.1 Å². The fraction of sp³-hybridized carbons (Fsp3) is 0.167. The first kappa shape index (κ1) is 18.4. The minimum Gasteiger partial charge on any atom is -0.325 e. The van der Waals surface area contributed by atoms with E-state index in [4.69, 9.17) is 11.6 Å². The van der Waals surface area contributed by atoms with Crippen LogP contribution in [0.1, 0.15) is 12.5 Å². The first-order valence-electron chi connectivity index (χ1n) is 7.76. The zero-order chi connectivity index (χ0) is 18.9. The molecule has 1 saturated heterocycles. The van der Waals surface area contributed by atoms with E-state index in [0.29, 0.717) is 16.3 Å². The van der Waals surface area contributed by atoms with Crippen LogP contribution in [0, 0.1) is 0 Å². The number of carbonyl (C=O) groups is 3. The number of nitrogens with one attached hydrogen (secondary N) is 2. The highest BCUT2D eigenvalue weighted by molar-refractivity contribution is 9.10. The second-order valence-corrected chi connectivity index (χ2v) is 7.30. The summed E-state index contributed by atoms with van der Waals surface area (Å²) in [6.45, 7) is 1.18. The van der Waals surface area contributed by atoms with Crippen LogP contribution in [0.2, 0.25) is 5.02 Å². The molecule has 1 aliphatic rings. The van der Waals surface area contributed by atoms with Gasteiger partial charge in [0.15, 0.2) is 0 Å². The van der Waals surface area contributed by atoms with E-state index < -0.39 is 23.4 Å². The number of halogens is 2. The Morgan fingerprint density at radius 2 is 1.85 bits per heavy atom. The zero-order valence-corrected chi connectivity index (χ0v) is 16.1. The molecule has 1 aliphatic heterocycles. The highest BCUT2D eigenvalue weighted by Crippen LogP contribution is 2.33. The Morgan fingerprint density at radius 1 is 1.19 bits per heavy atom. The second kappa shape index (κ2) is 7.09. The lowest BCUT2D eigenvalue weighted by atomic mass is 9.92. The molecule has 0 aliphatic carbocycles. The van der Waals surface area contributed by atoms with E-state index in [-0.39, 0.29) is 6.54 Å². The van der Waals surface area contributed by atoms with Gasteiger partial charge in [-0.25, -0.2) is 4.79 Å². The normalized spacial score (nSPS) is 19.4. The summed E-state index contributed by atoms with van der Waals surface area (Å²) in [6, 6.07) is 13.1. The minimum absolute atomic E-state index is 0.366. The van der Waals surface area contributed by atoms with Gasteiger partial charge in [-0.05, 0) is 37.3 Å². The fourth-order valence-corrected chi connectivity index (χ4v) is 3.36. The Morgan fingerprint density at radius 3 is 2.50 bits per heavy atom. The molecule has 6 nitrogen and oxygen atoms in total. The average Bonchev–Trinajstić information content (AvgIpc) is 2.81. The summed E-state index contributed by atoms with van der Waals surface area (Å²) in [5.74, 6) is -0.999. The van der Waals surface area contributed by atoms with Gasteiger partial charge in [0.2, 0.25) is 5.91 Å². The molecule has 26 heavy (non-hydrogen) atoms. The third-order valence-electron chi connectivity index (χ3n) is 4.12. The Kier molecular flexibility index (Phi) is 5.02. The van der Waals surface area contributed by atoms with E-state index in [1.165, 1.54) is 0 Å². The average molecular weight is 437 g/mol. The van der Waals surface area contributed by atoms with Crippen molar-refractivity contribution >= 4 is 51.1 Å². The third-order valence-corrected chi connectivity index (χ3v) is 4.98. The third kappa shape index (κ3) is 3.45. The van der Waals surface area contributed by atoms with E-state index >= 15 is 0 Å². The number of imide groups is 1. The SMILES string of the molecule is C[C@]1(c2ccccc2Cl)NC(=O)N(CC(=O)Nc2ccc(Br)cc2)C1=O. The predicted molar refractivity (Wildman–Crippen MR) is 102 cm³/mol. The van der Waals surface area contributed by atoms with Gasteiger partial charge in [-0.3, -0.25) is 14.5 Å². The number of anilines is 1. The number of amides is 4. The van der Waals surface area contributed by atoms with E-state index in [9.17, 15) is 14.4 Å². The van der Waals surface area contributed by atoms with Crippen molar-refractivity contribution in [1.29, 1.82) is 0 Å². The van der Waals surface area contributed by atoms with Gasteiger partial charge in [-0.2, -0.15) is 0 Å². The van der Waals surface area contributed by atoms with Gasteiger partial charge in [-0.15, -0.1) is 0 Å². The van der Waals surface area contributed by atoms with Gasteiger partial charge in [0, 0.05) is 20.7 Å². The van der Waals surface area contributed by atoms with E-state index in [0.717, 1.165) is 9.37 Å². The molecule has 2 N–H and O–H groups in total. The highest BCUT2D eigenvalue weighted by Gasteiger charge is 2.50. The lowest BCUT2D eigenvalue weighted by molar-refractivity contribution is -0.133. The van der Waals surface area contributed by atoms with Crippen molar-refractivity contribution in [2.45, 2.75) is 12.5 Å². The van der Waals surface area contributed by atoms with Crippen molar-refractivity contribution in [1.82, 2.24) is 10.2 Å². The molecule has 1 atom stereocenters. The van der Waals surface area contributed by atoms with Gasteiger partial charge >= 0.3 is 6.03 Å². The number of hydrogen-bond acceptors (Lipinski definition) is 3. The number of hydrogen-bond donors (Lipinski definition) is 2. The van der Waals surface area contributed by atoms with Crippen LogP contribution < -0.4 is 10.6 Å². The Balaban J connectivity index is 1.76. The number of nitrogens with zero attached hydrogens (tertiary/aromatic N) is 1. The topological polar surface area (TPSA) is 78.5 Å². The maximum atomic E-state index is 12.8. The molecule has 3 rings (SSSR count). The first-order valence-corrected chi connectivity index (χ1v) is 8.93. The summed E-state index contributed by atoms with van der Waals surface area (Å²) in [7, 11) is 0. The number of carbonyl (C=O) groups excluding carboxylic acids is 3.